The summed E-state index contributed by atoms with van der Waals surface area (Å²) in [6.07, 6.45) is 0.150. The van der Waals surface area contributed by atoms with Crippen LogP contribution in [0.25, 0.3) is 0 Å². The summed E-state index contributed by atoms with van der Waals surface area (Å²) in [5.74, 6) is 0. The van der Waals surface area contributed by atoms with Gasteiger partial charge < -0.3 is 0 Å². The lowest BCUT2D eigenvalue weighted by atomic mass is 9.99. The molecule has 0 aliphatic heterocycles. The number of hydrogen-bond donors (Lipinski definition) is 0. The molecule has 84 valence electrons. The summed E-state index contributed by atoms with van der Waals surface area (Å²) in [7, 11) is 0. The van der Waals surface area contributed by atoms with Crippen LogP contribution in [0, 0.1) is 0 Å². The van der Waals surface area contributed by atoms with Gasteiger partial charge in [-0.2, -0.15) is 0 Å². The van der Waals surface area contributed by atoms with Gasteiger partial charge in [-0.3, -0.25) is 0 Å². The fourth-order valence-corrected chi connectivity index (χ4v) is 1.85. The van der Waals surface area contributed by atoms with Gasteiger partial charge >= 0.3 is 0 Å². The van der Waals surface area contributed by atoms with E-state index in [0.29, 0.717) is 0 Å². The van der Waals surface area contributed by atoms with Crippen molar-refractivity contribution in [2.45, 2.75) is 32.6 Å². The van der Waals surface area contributed by atoms with Crippen LogP contribution in [0.2, 0.25) is 0 Å². The molecule has 0 radical (unpaired) electrons. The SMILES string of the molecule is CCc1ccc(C(F)F)c(CCCBr)c1. The standard InChI is InChI=1S/C12H15BrF2/c1-2-9-5-6-11(12(14)15)10(8-9)4-3-7-13/h5-6,8,12H,2-4,7H2,1H3. The molecule has 0 saturated heterocycles. The number of hydrogen-bond acceptors (Lipinski definition) is 0. The third-order valence-electron chi connectivity index (χ3n) is 2.43. The molecule has 0 amide bonds. The quantitative estimate of drug-likeness (QED) is 0.694. The van der Waals surface area contributed by atoms with E-state index in [1.807, 2.05) is 13.0 Å². The molecular formula is C12H15BrF2. The molecule has 3 heteroatoms. The van der Waals surface area contributed by atoms with Gasteiger partial charge in [-0.1, -0.05) is 41.1 Å². The van der Waals surface area contributed by atoms with Crippen molar-refractivity contribution in [3.05, 3.63) is 34.9 Å². The number of benzene rings is 1. The van der Waals surface area contributed by atoms with Crippen LogP contribution >= 0.6 is 15.9 Å². The molecular weight excluding hydrogens is 262 g/mol. The second-order valence-electron chi connectivity index (χ2n) is 3.48. The van der Waals surface area contributed by atoms with Crippen molar-refractivity contribution in [3.63, 3.8) is 0 Å². The highest BCUT2D eigenvalue weighted by Crippen LogP contribution is 2.25. The van der Waals surface area contributed by atoms with Crippen LogP contribution in [0.4, 0.5) is 8.78 Å². The number of alkyl halides is 3. The van der Waals surface area contributed by atoms with Crippen LogP contribution in [0.3, 0.4) is 0 Å². The van der Waals surface area contributed by atoms with E-state index in [2.05, 4.69) is 15.9 Å². The second-order valence-corrected chi connectivity index (χ2v) is 4.27. The lowest BCUT2D eigenvalue weighted by Gasteiger charge is -2.10. The molecule has 0 fully saturated rings. The molecule has 0 unspecified atom stereocenters. The summed E-state index contributed by atoms with van der Waals surface area (Å²) in [6, 6.07) is 5.26. The molecule has 0 aliphatic rings. The van der Waals surface area contributed by atoms with Gasteiger partial charge in [0.1, 0.15) is 0 Å². The van der Waals surface area contributed by atoms with Crippen molar-refractivity contribution in [1.29, 1.82) is 0 Å². The first-order valence-corrected chi connectivity index (χ1v) is 6.27. The van der Waals surface area contributed by atoms with E-state index in [1.165, 1.54) is 0 Å². The van der Waals surface area contributed by atoms with Gasteiger partial charge in [0, 0.05) is 10.9 Å². The van der Waals surface area contributed by atoms with Gasteiger partial charge in [0.15, 0.2) is 0 Å². The third-order valence-corrected chi connectivity index (χ3v) is 2.99. The predicted octanol–water partition coefficient (Wildman–Crippen LogP) is 4.51. The largest absolute Gasteiger partial charge is 0.264 e. The van der Waals surface area contributed by atoms with Gasteiger partial charge in [0.2, 0.25) is 0 Å². The van der Waals surface area contributed by atoms with Crippen molar-refractivity contribution in [2.24, 2.45) is 0 Å². The lowest BCUT2D eigenvalue weighted by Crippen LogP contribution is -1.97. The van der Waals surface area contributed by atoms with Crippen molar-refractivity contribution in [1.82, 2.24) is 0 Å². The van der Waals surface area contributed by atoms with Gasteiger partial charge in [0.25, 0.3) is 6.43 Å². The Morgan fingerprint density at radius 1 is 1.33 bits per heavy atom. The number of rotatable bonds is 5. The first kappa shape index (κ1) is 12.6. The highest BCUT2D eigenvalue weighted by molar-refractivity contribution is 9.09. The highest BCUT2D eigenvalue weighted by atomic mass is 79.9. The molecule has 0 saturated carbocycles. The van der Waals surface area contributed by atoms with Crippen LogP contribution in [-0.2, 0) is 12.8 Å². The van der Waals surface area contributed by atoms with E-state index in [1.54, 1.807) is 12.1 Å². The first-order valence-electron chi connectivity index (χ1n) is 5.14. The molecule has 0 N–H and O–H groups in total. The Kier molecular flexibility index (Phi) is 5.23. The Bertz CT molecular complexity index is 310. The maximum Gasteiger partial charge on any atom is 0.264 e. The molecule has 0 bridgehead atoms. The van der Waals surface area contributed by atoms with Crippen molar-refractivity contribution >= 4 is 15.9 Å². The first-order chi connectivity index (χ1) is 7.19. The molecule has 15 heavy (non-hydrogen) atoms. The monoisotopic (exact) mass is 276 g/mol. The van der Waals surface area contributed by atoms with E-state index in [-0.39, 0.29) is 5.56 Å². The molecule has 0 aromatic heterocycles. The number of aryl methyl sites for hydroxylation is 2. The Morgan fingerprint density at radius 2 is 2.07 bits per heavy atom. The van der Waals surface area contributed by atoms with Crippen LogP contribution in [-0.4, -0.2) is 5.33 Å². The lowest BCUT2D eigenvalue weighted by molar-refractivity contribution is 0.150. The molecule has 0 nitrogen and oxygen atoms in total. The topological polar surface area (TPSA) is 0 Å². The zero-order valence-electron chi connectivity index (χ0n) is 8.77. The minimum absolute atomic E-state index is 0.188. The van der Waals surface area contributed by atoms with Crippen LogP contribution in [0.5, 0.6) is 0 Å². The average molecular weight is 277 g/mol. The van der Waals surface area contributed by atoms with E-state index in [0.717, 1.165) is 35.7 Å². The second kappa shape index (κ2) is 6.21. The van der Waals surface area contributed by atoms with Crippen LogP contribution < -0.4 is 0 Å². The summed E-state index contributed by atoms with van der Waals surface area (Å²) < 4.78 is 25.4. The minimum atomic E-state index is -2.36. The van der Waals surface area contributed by atoms with Gasteiger partial charge in [-0.15, -0.1) is 0 Å². The normalized spacial score (nSPS) is 11.0. The van der Waals surface area contributed by atoms with Gasteiger partial charge in [-0.05, 0) is 30.4 Å². The summed E-state index contributed by atoms with van der Waals surface area (Å²) in [6.45, 7) is 2.03. The summed E-state index contributed by atoms with van der Waals surface area (Å²) in [5, 5.41) is 0.853. The van der Waals surface area contributed by atoms with Crippen molar-refractivity contribution < 1.29 is 8.78 Å². The minimum Gasteiger partial charge on any atom is -0.205 e. The molecule has 0 atom stereocenters. The van der Waals surface area contributed by atoms with Crippen molar-refractivity contribution in [3.8, 4) is 0 Å². The molecule has 0 aliphatic carbocycles. The van der Waals surface area contributed by atoms with Gasteiger partial charge in [0.05, 0.1) is 0 Å². The summed E-state index contributed by atoms with van der Waals surface area (Å²) >= 11 is 3.32. The Morgan fingerprint density at radius 3 is 2.60 bits per heavy atom. The Labute approximate surface area is 97.8 Å². The van der Waals surface area contributed by atoms with E-state index in [4.69, 9.17) is 0 Å². The molecule has 0 spiro atoms. The zero-order chi connectivity index (χ0) is 11.3. The van der Waals surface area contributed by atoms with Gasteiger partial charge in [-0.25, -0.2) is 8.78 Å². The van der Waals surface area contributed by atoms with Crippen LogP contribution in [0.15, 0.2) is 18.2 Å². The summed E-state index contributed by atoms with van der Waals surface area (Å²) in [5.41, 5.74) is 2.11. The third kappa shape index (κ3) is 3.56. The average Bonchev–Trinajstić information content (AvgIpc) is 2.25. The molecule has 1 aromatic carbocycles. The Balaban J connectivity index is 2.94. The summed E-state index contributed by atoms with van der Waals surface area (Å²) in [4.78, 5) is 0. The predicted molar refractivity (Wildman–Crippen MR) is 62.9 cm³/mol. The van der Waals surface area contributed by atoms with E-state index < -0.39 is 6.43 Å². The smallest absolute Gasteiger partial charge is 0.205 e. The maximum absolute atomic E-state index is 12.7. The maximum atomic E-state index is 12.7. The fourth-order valence-electron chi connectivity index (χ4n) is 1.57. The highest BCUT2D eigenvalue weighted by Gasteiger charge is 2.12. The molecule has 0 heterocycles. The molecule has 1 aromatic rings. The Hall–Kier alpha value is -0.440. The van der Waals surface area contributed by atoms with E-state index in [9.17, 15) is 8.78 Å². The zero-order valence-corrected chi connectivity index (χ0v) is 10.4. The number of halogens is 3. The van der Waals surface area contributed by atoms with E-state index >= 15 is 0 Å². The fraction of sp³-hybridized carbons (Fsp3) is 0.500. The van der Waals surface area contributed by atoms with Crippen LogP contribution in [0.1, 0.15) is 36.5 Å². The molecule has 1 rings (SSSR count). The van der Waals surface area contributed by atoms with Crippen molar-refractivity contribution in [2.75, 3.05) is 5.33 Å².